The van der Waals surface area contributed by atoms with Crippen molar-refractivity contribution in [2.75, 3.05) is 19.5 Å². The van der Waals surface area contributed by atoms with Crippen molar-refractivity contribution in [1.29, 1.82) is 0 Å². The molecule has 0 aliphatic carbocycles. The average molecular weight is 333 g/mol. The van der Waals surface area contributed by atoms with E-state index in [1.807, 2.05) is 35.8 Å². The molecule has 0 fully saturated rings. The second kappa shape index (κ2) is 8.38. The minimum absolute atomic E-state index is 0.179. The van der Waals surface area contributed by atoms with Gasteiger partial charge in [0.1, 0.15) is 5.75 Å². The van der Waals surface area contributed by atoms with Crippen molar-refractivity contribution in [1.82, 2.24) is 14.8 Å². The molecule has 0 saturated carbocycles. The van der Waals surface area contributed by atoms with Crippen LogP contribution >= 0.6 is 11.8 Å². The molecular weight excluding hydrogens is 314 g/mol. The van der Waals surface area contributed by atoms with E-state index in [0.717, 1.165) is 11.3 Å². The Morgan fingerprint density at radius 1 is 1.39 bits per heavy atom. The predicted molar refractivity (Wildman–Crippen MR) is 89.6 cm³/mol. The van der Waals surface area contributed by atoms with Crippen molar-refractivity contribution >= 4 is 17.7 Å². The second-order valence-electron chi connectivity index (χ2n) is 4.50. The molecule has 122 valence electrons. The Bertz CT molecular complexity index is 685. The van der Waals surface area contributed by atoms with E-state index in [1.165, 1.54) is 18.9 Å². The number of rotatable bonds is 8. The number of carbonyl (C=O) groups is 1. The van der Waals surface area contributed by atoms with E-state index in [4.69, 9.17) is 4.74 Å². The van der Waals surface area contributed by atoms with E-state index >= 15 is 0 Å². The third kappa shape index (κ3) is 4.13. The van der Waals surface area contributed by atoms with Gasteiger partial charge in [0.05, 0.1) is 25.0 Å². The van der Waals surface area contributed by atoms with Crippen LogP contribution < -0.4 is 4.74 Å². The molecule has 7 heteroatoms. The maximum Gasteiger partial charge on any atom is 0.316 e. The molecular formula is C16H19N3O3S. The van der Waals surface area contributed by atoms with E-state index in [1.54, 1.807) is 6.08 Å². The highest BCUT2D eigenvalue weighted by Crippen LogP contribution is 2.31. The van der Waals surface area contributed by atoms with Crippen LogP contribution in [0.5, 0.6) is 5.75 Å². The number of para-hydroxylation sites is 1. The molecule has 0 unspecified atom stereocenters. The molecule has 0 spiro atoms. The van der Waals surface area contributed by atoms with Crippen molar-refractivity contribution in [2.24, 2.45) is 0 Å². The first-order valence-electron chi connectivity index (χ1n) is 7.17. The Morgan fingerprint density at radius 3 is 2.87 bits per heavy atom. The maximum atomic E-state index is 11.3. The fraction of sp³-hybridized carbons (Fsp3) is 0.312. The monoisotopic (exact) mass is 333 g/mol. The van der Waals surface area contributed by atoms with Gasteiger partial charge in [0.2, 0.25) is 0 Å². The molecule has 1 aromatic carbocycles. The lowest BCUT2D eigenvalue weighted by atomic mass is 10.2. The van der Waals surface area contributed by atoms with Crippen molar-refractivity contribution < 1.29 is 14.3 Å². The van der Waals surface area contributed by atoms with Crippen LogP contribution in [0.1, 0.15) is 6.92 Å². The van der Waals surface area contributed by atoms with Gasteiger partial charge < -0.3 is 9.47 Å². The summed E-state index contributed by atoms with van der Waals surface area (Å²) >= 11 is 1.28. The Balaban J connectivity index is 2.37. The Morgan fingerprint density at radius 2 is 2.17 bits per heavy atom. The van der Waals surface area contributed by atoms with Gasteiger partial charge in [-0.1, -0.05) is 30.0 Å². The molecule has 0 amide bonds. The zero-order valence-electron chi connectivity index (χ0n) is 13.2. The van der Waals surface area contributed by atoms with Crippen LogP contribution in [0.2, 0.25) is 0 Å². The molecule has 0 N–H and O–H groups in total. The molecule has 1 heterocycles. The molecule has 0 radical (unpaired) electrons. The molecule has 0 bridgehead atoms. The molecule has 0 saturated heterocycles. The van der Waals surface area contributed by atoms with Crippen LogP contribution in [-0.4, -0.2) is 40.2 Å². The summed E-state index contributed by atoms with van der Waals surface area (Å²) in [5.74, 6) is 1.30. The number of nitrogens with zero attached hydrogens (tertiary/aromatic N) is 3. The topological polar surface area (TPSA) is 66.2 Å². The lowest BCUT2D eigenvalue weighted by Crippen LogP contribution is -2.06. The minimum Gasteiger partial charge on any atom is -0.493 e. The molecule has 0 atom stereocenters. The Labute approximate surface area is 139 Å². The first-order valence-corrected chi connectivity index (χ1v) is 8.15. The van der Waals surface area contributed by atoms with Gasteiger partial charge in [0.25, 0.3) is 0 Å². The third-order valence-corrected chi connectivity index (χ3v) is 3.94. The van der Waals surface area contributed by atoms with Crippen LogP contribution in [0.3, 0.4) is 0 Å². The van der Waals surface area contributed by atoms with E-state index in [-0.39, 0.29) is 11.7 Å². The van der Waals surface area contributed by atoms with Gasteiger partial charge in [-0.3, -0.25) is 9.36 Å². The smallest absolute Gasteiger partial charge is 0.316 e. The summed E-state index contributed by atoms with van der Waals surface area (Å²) in [5, 5.41) is 9.08. The van der Waals surface area contributed by atoms with Gasteiger partial charge in [-0.2, -0.15) is 0 Å². The first kappa shape index (κ1) is 17.1. The summed E-state index contributed by atoms with van der Waals surface area (Å²) in [5.41, 5.74) is 0.855. The minimum atomic E-state index is -0.306. The Hall–Kier alpha value is -2.28. The fourth-order valence-corrected chi connectivity index (χ4v) is 2.78. The van der Waals surface area contributed by atoms with Crippen LogP contribution in [0.25, 0.3) is 11.4 Å². The highest BCUT2D eigenvalue weighted by molar-refractivity contribution is 7.99. The van der Waals surface area contributed by atoms with Crippen molar-refractivity contribution in [2.45, 2.75) is 18.6 Å². The lowest BCUT2D eigenvalue weighted by molar-refractivity contribution is -0.137. The third-order valence-electron chi connectivity index (χ3n) is 3.00. The first-order chi connectivity index (χ1) is 11.2. The number of methoxy groups -OCH3 is 1. The summed E-state index contributed by atoms with van der Waals surface area (Å²) in [4.78, 5) is 11.3. The molecule has 0 aliphatic heterocycles. The summed E-state index contributed by atoms with van der Waals surface area (Å²) in [7, 11) is 1.36. The Kier molecular flexibility index (Phi) is 6.22. The van der Waals surface area contributed by atoms with Gasteiger partial charge in [0, 0.05) is 6.54 Å². The number of allylic oxidation sites excluding steroid dienone is 1. The molecule has 2 aromatic rings. The summed E-state index contributed by atoms with van der Waals surface area (Å²) < 4.78 is 12.2. The number of hydrogen-bond acceptors (Lipinski definition) is 6. The number of ether oxygens (including phenoxy) is 2. The normalized spacial score (nSPS) is 10.3. The highest BCUT2D eigenvalue weighted by Gasteiger charge is 2.17. The van der Waals surface area contributed by atoms with Crippen LogP contribution in [0.4, 0.5) is 0 Å². The number of thioether (sulfide) groups is 1. The van der Waals surface area contributed by atoms with Gasteiger partial charge in [-0.25, -0.2) is 0 Å². The van der Waals surface area contributed by atoms with Crippen molar-refractivity contribution in [3.63, 3.8) is 0 Å². The number of hydrogen-bond donors (Lipinski definition) is 0. The zero-order valence-corrected chi connectivity index (χ0v) is 14.0. The van der Waals surface area contributed by atoms with Gasteiger partial charge >= 0.3 is 5.97 Å². The molecule has 2 rings (SSSR count). The number of aromatic nitrogens is 3. The standard InChI is InChI=1S/C16H19N3O3S/c1-4-10-19-15(12-8-6-7-9-13(12)22-5-2)17-18-16(19)23-11-14(20)21-3/h4,6-9H,1,5,10-11H2,2-3H3. The lowest BCUT2D eigenvalue weighted by Gasteiger charge is -2.11. The predicted octanol–water partition coefficient (Wildman–Crippen LogP) is 2.79. The van der Waals surface area contributed by atoms with Crippen molar-refractivity contribution in [3.05, 3.63) is 36.9 Å². The summed E-state index contributed by atoms with van der Waals surface area (Å²) in [6.45, 7) is 6.81. The van der Waals surface area contributed by atoms with Gasteiger partial charge in [0.15, 0.2) is 11.0 Å². The number of carbonyl (C=O) groups excluding carboxylic acids is 1. The molecule has 6 nitrogen and oxygen atoms in total. The van der Waals surface area contributed by atoms with Crippen LogP contribution in [0.15, 0.2) is 42.1 Å². The summed E-state index contributed by atoms with van der Waals surface area (Å²) in [6.07, 6.45) is 1.76. The fourth-order valence-electron chi connectivity index (χ4n) is 2.00. The van der Waals surface area contributed by atoms with Crippen LogP contribution in [-0.2, 0) is 16.1 Å². The largest absolute Gasteiger partial charge is 0.493 e. The van der Waals surface area contributed by atoms with E-state index in [2.05, 4.69) is 21.5 Å². The molecule has 1 aromatic heterocycles. The van der Waals surface area contributed by atoms with Gasteiger partial charge in [-0.15, -0.1) is 16.8 Å². The molecule has 0 aliphatic rings. The van der Waals surface area contributed by atoms with Crippen LogP contribution in [0, 0.1) is 0 Å². The van der Waals surface area contributed by atoms with E-state index < -0.39 is 0 Å². The van der Waals surface area contributed by atoms with E-state index in [9.17, 15) is 4.79 Å². The maximum absolute atomic E-state index is 11.3. The SMILES string of the molecule is C=CCn1c(SCC(=O)OC)nnc1-c1ccccc1OCC. The number of benzene rings is 1. The average Bonchev–Trinajstić information content (AvgIpc) is 2.96. The van der Waals surface area contributed by atoms with Crippen molar-refractivity contribution in [3.8, 4) is 17.1 Å². The second-order valence-corrected chi connectivity index (χ2v) is 5.44. The zero-order chi connectivity index (χ0) is 16.7. The molecule has 23 heavy (non-hydrogen) atoms. The quantitative estimate of drug-likeness (QED) is 0.420. The van der Waals surface area contributed by atoms with E-state index in [0.29, 0.717) is 24.1 Å². The number of esters is 1. The van der Waals surface area contributed by atoms with Gasteiger partial charge in [-0.05, 0) is 19.1 Å². The highest BCUT2D eigenvalue weighted by atomic mass is 32.2. The summed E-state index contributed by atoms with van der Waals surface area (Å²) in [6, 6.07) is 7.66.